The highest BCUT2D eigenvalue weighted by Crippen LogP contribution is 2.07. The molecule has 1 heteroatoms. The molecule has 1 aromatic rings. The molecule has 0 radical (unpaired) electrons. The van der Waals surface area contributed by atoms with Gasteiger partial charge in [0.1, 0.15) is 0 Å². The first-order valence-electron chi connectivity index (χ1n) is 3.67. The molecular formula is C10H12O. The topological polar surface area (TPSA) is 20.2 Å². The Kier molecular flexibility index (Phi) is 2.87. The van der Waals surface area contributed by atoms with Gasteiger partial charge >= 0.3 is 0 Å². The summed E-state index contributed by atoms with van der Waals surface area (Å²) in [4.78, 5) is 0. The number of aryl methyl sites for hydroxylation is 1. The van der Waals surface area contributed by atoms with E-state index in [0.717, 1.165) is 0 Å². The summed E-state index contributed by atoms with van der Waals surface area (Å²) in [5.41, 5.74) is 2.40. The third-order valence-electron chi connectivity index (χ3n) is 1.59. The monoisotopic (exact) mass is 148 g/mol. The lowest BCUT2D eigenvalue weighted by atomic mass is 10.1. The van der Waals surface area contributed by atoms with Gasteiger partial charge in [-0.25, -0.2) is 0 Å². The Balaban J connectivity index is 2.86. The Morgan fingerprint density at radius 2 is 2.09 bits per heavy atom. The van der Waals surface area contributed by atoms with E-state index in [1.54, 1.807) is 6.08 Å². The minimum absolute atomic E-state index is 0.105. The minimum Gasteiger partial charge on any atom is -0.392 e. The molecule has 0 aliphatic rings. The van der Waals surface area contributed by atoms with E-state index in [-0.39, 0.29) is 6.61 Å². The van der Waals surface area contributed by atoms with Gasteiger partial charge in [0.25, 0.3) is 0 Å². The largest absolute Gasteiger partial charge is 0.392 e. The molecule has 0 saturated carbocycles. The van der Waals surface area contributed by atoms with Crippen molar-refractivity contribution >= 4 is 6.08 Å². The lowest BCUT2D eigenvalue weighted by molar-refractivity contribution is 0.343. The third-order valence-corrected chi connectivity index (χ3v) is 1.59. The third kappa shape index (κ3) is 2.20. The molecular weight excluding hydrogens is 136 g/mol. The maximum absolute atomic E-state index is 8.53. The van der Waals surface area contributed by atoms with Crippen molar-refractivity contribution in [2.24, 2.45) is 0 Å². The second kappa shape index (κ2) is 3.94. The Bertz CT molecular complexity index is 251. The van der Waals surface area contributed by atoms with Gasteiger partial charge in [0, 0.05) is 0 Å². The molecule has 0 heterocycles. The molecule has 0 bridgehead atoms. The smallest absolute Gasteiger partial charge is 0.0615 e. The Morgan fingerprint density at radius 3 is 2.73 bits per heavy atom. The molecule has 0 spiro atoms. The van der Waals surface area contributed by atoms with Crippen LogP contribution in [-0.4, -0.2) is 11.7 Å². The van der Waals surface area contributed by atoms with Crippen LogP contribution in [-0.2, 0) is 0 Å². The number of aliphatic hydroxyl groups excluding tert-OH is 1. The highest BCUT2D eigenvalue weighted by atomic mass is 16.2. The average Bonchev–Trinajstić information content (AvgIpc) is 2.03. The highest BCUT2D eigenvalue weighted by Gasteiger charge is 1.88. The molecule has 1 nitrogen and oxygen atoms in total. The average molecular weight is 148 g/mol. The number of hydrogen-bond acceptors (Lipinski definition) is 1. The fourth-order valence-electron chi connectivity index (χ4n) is 0.953. The molecule has 1 rings (SSSR count). The van der Waals surface area contributed by atoms with E-state index in [1.807, 2.05) is 24.3 Å². The van der Waals surface area contributed by atoms with Gasteiger partial charge in [-0.15, -0.1) is 0 Å². The fourth-order valence-corrected chi connectivity index (χ4v) is 0.953. The predicted octanol–water partition coefficient (Wildman–Crippen LogP) is 2.00. The molecule has 0 atom stereocenters. The van der Waals surface area contributed by atoms with E-state index >= 15 is 0 Å². The van der Waals surface area contributed by atoms with Crippen LogP contribution in [0.15, 0.2) is 30.3 Å². The molecule has 0 aliphatic carbocycles. The van der Waals surface area contributed by atoms with Gasteiger partial charge in [0.05, 0.1) is 6.61 Å². The first-order valence-corrected chi connectivity index (χ1v) is 3.67. The van der Waals surface area contributed by atoms with E-state index in [0.29, 0.717) is 0 Å². The number of benzene rings is 1. The van der Waals surface area contributed by atoms with Crippen LogP contribution < -0.4 is 0 Å². The SMILES string of the molecule is Cc1ccccc1C=CCO. The van der Waals surface area contributed by atoms with E-state index in [2.05, 4.69) is 13.0 Å². The van der Waals surface area contributed by atoms with E-state index in [1.165, 1.54) is 11.1 Å². The van der Waals surface area contributed by atoms with Crippen LogP contribution in [0.3, 0.4) is 0 Å². The second-order valence-corrected chi connectivity index (χ2v) is 2.44. The van der Waals surface area contributed by atoms with Crippen LogP contribution in [0.1, 0.15) is 11.1 Å². The van der Waals surface area contributed by atoms with Crippen molar-refractivity contribution in [1.29, 1.82) is 0 Å². The van der Waals surface area contributed by atoms with Crippen LogP contribution in [0, 0.1) is 6.92 Å². The fraction of sp³-hybridized carbons (Fsp3) is 0.200. The summed E-state index contributed by atoms with van der Waals surface area (Å²) in [6.45, 7) is 2.16. The van der Waals surface area contributed by atoms with Gasteiger partial charge in [-0.3, -0.25) is 0 Å². The highest BCUT2D eigenvalue weighted by molar-refractivity contribution is 5.53. The van der Waals surface area contributed by atoms with Crippen molar-refractivity contribution in [3.8, 4) is 0 Å². The Morgan fingerprint density at radius 1 is 1.36 bits per heavy atom. The second-order valence-electron chi connectivity index (χ2n) is 2.44. The van der Waals surface area contributed by atoms with Crippen molar-refractivity contribution in [3.05, 3.63) is 41.5 Å². The summed E-state index contributed by atoms with van der Waals surface area (Å²) in [6, 6.07) is 8.08. The lowest BCUT2D eigenvalue weighted by Crippen LogP contribution is -1.78. The summed E-state index contributed by atoms with van der Waals surface area (Å²) in [7, 11) is 0. The van der Waals surface area contributed by atoms with Gasteiger partial charge in [0.2, 0.25) is 0 Å². The molecule has 0 fully saturated rings. The maximum Gasteiger partial charge on any atom is 0.0615 e. The summed E-state index contributed by atoms with van der Waals surface area (Å²) in [5.74, 6) is 0. The van der Waals surface area contributed by atoms with E-state index in [9.17, 15) is 0 Å². The van der Waals surface area contributed by atoms with Gasteiger partial charge in [-0.05, 0) is 18.1 Å². The molecule has 58 valence electrons. The molecule has 0 saturated heterocycles. The van der Waals surface area contributed by atoms with Gasteiger partial charge in [-0.2, -0.15) is 0 Å². The van der Waals surface area contributed by atoms with Crippen molar-refractivity contribution in [2.45, 2.75) is 6.92 Å². The standard InChI is InChI=1S/C10H12O/c1-9-5-2-3-6-10(9)7-4-8-11/h2-7,11H,8H2,1H3. The van der Waals surface area contributed by atoms with E-state index < -0.39 is 0 Å². The quantitative estimate of drug-likeness (QED) is 0.680. The minimum atomic E-state index is 0.105. The van der Waals surface area contributed by atoms with Crippen molar-refractivity contribution in [3.63, 3.8) is 0 Å². The van der Waals surface area contributed by atoms with Crippen LogP contribution >= 0.6 is 0 Å². The molecule has 0 amide bonds. The Hall–Kier alpha value is -1.08. The lowest BCUT2D eigenvalue weighted by Gasteiger charge is -1.96. The summed E-state index contributed by atoms with van der Waals surface area (Å²) in [6.07, 6.45) is 3.66. The first kappa shape index (κ1) is 8.02. The van der Waals surface area contributed by atoms with E-state index in [4.69, 9.17) is 5.11 Å². The first-order chi connectivity index (χ1) is 5.34. The molecule has 0 unspecified atom stereocenters. The van der Waals surface area contributed by atoms with Crippen LogP contribution in [0.5, 0.6) is 0 Å². The van der Waals surface area contributed by atoms with Crippen LogP contribution in [0.25, 0.3) is 6.08 Å². The van der Waals surface area contributed by atoms with Crippen LogP contribution in [0.2, 0.25) is 0 Å². The molecule has 11 heavy (non-hydrogen) atoms. The predicted molar refractivity (Wildman–Crippen MR) is 47.3 cm³/mol. The normalized spacial score (nSPS) is 10.7. The molecule has 1 aromatic carbocycles. The maximum atomic E-state index is 8.53. The van der Waals surface area contributed by atoms with Crippen LogP contribution in [0.4, 0.5) is 0 Å². The zero-order valence-electron chi connectivity index (χ0n) is 6.62. The summed E-state index contributed by atoms with van der Waals surface area (Å²) in [5, 5.41) is 8.53. The zero-order chi connectivity index (χ0) is 8.10. The molecule has 1 N–H and O–H groups in total. The van der Waals surface area contributed by atoms with Crippen molar-refractivity contribution < 1.29 is 5.11 Å². The van der Waals surface area contributed by atoms with Gasteiger partial charge in [0.15, 0.2) is 0 Å². The Labute approximate surface area is 67.0 Å². The number of rotatable bonds is 2. The number of hydrogen-bond donors (Lipinski definition) is 1. The summed E-state index contributed by atoms with van der Waals surface area (Å²) >= 11 is 0. The molecule has 0 aliphatic heterocycles. The molecule has 0 aromatic heterocycles. The number of aliphatic hydroxyl groups is 1. The van der Waals surface area contributed by atoms with Crippen molar-refractivity contribution in [2.75, 3.05) is 6.61 Å². The summed E-state index contributed by atoms with van der Waals surface area (Å²) < 4.78 is 0. The van der Waals surface area contributed by atoms with Gasteiger partial charge < -0.3 is 5.11 Å². The van der Waals surface area contributed by atoms with Crippen molar-refractivity contribution in [1.82, 2.24) is 0 Å². The zero-order valence-corrected chi connectivity index (χ0v) is 6.62. The van der Waals surface area contributed by atoms with Gasteiger partial charge in [-0.1, -0.05) is 36.4 Å².